The molecular weight excluding hydrogens is 476 g/mol. The Morgan fingerprint density at radius 3 is 2.14 bits per heavy atom. The zero-order chi connectivity index (χ0) is 26.0. The van der Waals surface area contributed by atoms with Crippen molar-refractivity contribution < 1.29 is 35.9 Å². The van der Waals surface area contributed by atoms with Crippen molar-refractivity contribution in [2.24, 2.45) is 5.41 Å². The molecule has 3 rings (SSSR count). The average molecular weight is 510 g/mol. The van der Waals surface area contributed by atoms with Crippen LogP contribution in [0.4, 0.5) is 36.8 Å². The summed E-state index contributed by atoms with van der Waals surface area (Å²) in [6, 6.07) is 6.32. The summed E-state index contributed by atoms with van der Waals surface area (Å²) in [5, 5.41) is 0. The Labute approximate surface area is 202 Å². The van der Waals surface area contributed by atoms with Crippen molar-refractivity contribution in [1.82, 2.24) is 9.80 Å². The van der Waals surface area contributed by atoms with Crippen LogP contribution in [0.1, 0.15) is 44.2 Å². The van der Waals surface area contributed by atoms with E-state index in [1.54, 1.807) is 0 Å². The van der Waals surface area contributed by atoms with Crippen LogP contribution in [0, 0.1) is 5.41 Å². The van der Waals surface area contributed by atoms with Crippen molar-refractivity contribution in [2.75, 3.05) is 44.7 Å². The van der Waals surface area contributed by atoms with E-state index in [9.17, 15) is 31.1 Å². The monoisotopic (exact) mass is 509 g/mol. The Balaban J connectivity index is 1.60. The van der Waals surface area contributed by atoms with E-state index in [0.717, 1.165) is 43.9 Å². The number of piperidine rings is 1. The molecule has 35 heavy (non-hydrogen) atoms. The predicted octanol–water partition coefficient (Wildman–Crippen LogP) is 5.62. The molecule has 0 aromatic heterocycles. The first-order valence-corrected chi connectivity index (χ1v) is 11.9. The summed E-state index contributed by atoms with van der Waals surface area (Å²) in [5.41, 5.74) is 3.64. The van der Waals surface area contributed by atoms with Gasteiger partial charge >= 0.3 is 18.4 Å². The Bertz CT molecular complexity index is 867. The zero-order valence-corrected chi connectivity index (χ0v) is 20.3. The summed E-state index contributed by atoms with van der Waals surface area (Å²) >= 11 is 0. The van der Waals surface area contributed by atoms with E-state index in [1.165, 1.54) is 16.8 Å². The number of ether oxygens (including phenoxy) is 1. The van der Waals surface area contributed by atoms with Gasteiger partial charge in [-0.2, -0.15) is 26.3 Å². The number of carbonyl (C=O) groups excluding carboxylic acids is 1. The second-order valence-electron chi connectivity index (χ2n) is 9.59. The van der Waals surface area contributed by atoms with Crippen LogP contribution in [0.15, 0.2) is 18.2 Å². The number of rotatable bonds is 6. The fraction of sp³-hybridized carbons (Fsp3) is 0.708. The minimum absolute atomic E-state index is 0.0737. The molecule has 2 heterocycles. The molecule has 2 aliphatic heterocycles. The van der Waals surface area contributed by atoms with Gasteiger partial charge in [-0.25, -0.2) is 4.79 Å². The topological polar surface area (TPSA) is 36.0 Å². The van der Waals surface area contributed by atoms with Gasteiger partial charge in [-0.15, -0.1) is 0 Å². The lowest BCUT2D eigenvalue weighted by molar-refractivity contribution is -0.308. The molecule has 0 unspecified atom stereocenters. The van der Waals surface area contributed by atoms with Gasteiger partial charge in [0.05, 0.1) is 0 Å². The Hall–Kier alpha value is -2.17. The van der Waals surface area contributed by atoms with Crippen molar-refractivity contribution in [3.05, 3.63) is 29.3 Å². The maximum atomic E-state index is 12.7. The quantitative estimate of drug-likeness (QED) is 0.467. The van der Waals surface area contributed by atoms with Gasteiger partial charge in [0.2, 0.25) is 0 Å². The summed E-state index contributed by atoms with van der Waals surface area (Å²) in [6.45, 7) is 7.64. The Kier molecular flexibility index (Phi) is 8.18. The number of benzene rings is 1. The molecule has 1 spiro atoms. The van der Waals surface area contributed by atoms with Gasteiger partial charge in [0, 0.05) is 45.5 Å². The molecule has 11 heteroatoms. The molecule has 1 amide bonds. The second-order valence-corrected chi connectivity index (χ2v) is 9.59. The normalized spacial score (nSPS) is 19.0. The van der Waals surface area contributed by atoms with Crippen LogP contribution in [-0.4, -0.2) is 74.1 Å². The number of anilines is 1. The molecule has 198 valence electrons. The number of hydrogen-bond donors (Lipinski definition) is 0. The predicted molar refractivity (Wildman–Crippen MR) is 120 cm³/mol. The van der Waals surface area contributed by atoms with Gasteiger partial charge in [-0.1, -0.05) is 25.1 Å². The molecule has 0 atom stereocenters. The summed E-state index contributed by atoms with van der Waals surface area (Å²) in [7, 11) is 2.07. The first-order chi connectivity index (χ1) is 16.3. The van der Waals surface area contributed by atoms with E-state index < -0.39 is 24.5 Å². The van der Waals surface area contributed by atoms with Crippen molar-refractivity contribution in [3.63, 3.8) is 0 Å². The maximum Gasteiger partial charge on any atom is 0.434 e. The summed E-state index contributed by atoms with van der Waals surface area (Å²) in [4.78, 5) is 17.6. The minimum atomic E-state index is -5.71. The molecule has 0 saturated carbocycles. The second kappa shape index (κ2) is 10.4. The third-order valence-corrected chi connectivity index (χ3v) is 7.25. The number of alkyl halides is 6. The Morgan fingerprint density at radius 2 is 1.60 bits per heavy atom. The first kappa shape index (κ1) is 27.4. The number of likely N-dealkylation sites (tertiary alicyclic amines) is 2. The molecule has 1 aromatic rings. The van der Waals surface area contributed by atoms with Crippen LogP contribution < -0.4 is 4.90 Å². The van der Waals surface area contributed by atoms with Gasteiger partial charge in [0.25, 0.3) is 6.10 Å². The van der Waals surface area contributed by atoms with Crippen LogP contribution in [-0.2, 0) is 17.7 Å². The highest BCUT2D eigenvalue weighted by Crippen LogP contribution is 2.42. The molecule has 0 bridgehead atoms. The van der Waals surface area contributed by atoms with E-state index >= 15 is 0 Å². The number of para-hydroxylation sites is 1. The highest BCUT2D eigenvalue weighted by Gasteiger charge is 2.60. The van der Waals surface area contributed by atoms with Crippen molar-refractivity contribution in [1.29, 1.82) is 0 Å². The van der Waals surface area contributed by atoms with Crippen molar-refractivity contribution in [3.8, 4) is 0 Å². The number of nitrogens with zero attached hydrogens (tertiary/aromatic N) is 3. The lowest BCUT2D eigenvalue weighted by Crippen LogP contribution is -2.50. The highest BCUT2D eigenvalue weighted by molar-refractivity contribution is 5.68. The lowest BCUT2D eigenvalue weighted by atomic mass is 9.78. The molecule has 1 aromatic carbocycles. The fourth-order valence-electron chi connectivity index (χ4n) is 5.18. The van der Waals surface area contributed by atoms with Crippen LogP contribution in [0.5, 0.6) is 0 Å². The maximum absolute atomic E-state index is 12.7. The van der Waals surface area contributed by atoms with E-state index in [0.29, 0.717) is 12.8 Å². The molecule has 2 saturated heterocycles. The molecule has 0 aliphatic carbocycles. The molecule has 2 aliphatic rings. The van der Waals surface area contributed by atoms with E-state index in [4.69, 9.17) is 0 Å². The zero-order valence-electron chi connectivity index (χ0n) is 20.3. The average Bonchev–Trinajstić information content (AvgIpc) is 3.17. The van der Waals surface area contributed by atoms with Crippen LogP contribution >= 0.6 is 0 Å². The summed E-state index contributed by atoms with van der Waals surface area (Å²) in [6.07, 6.45) is -14.3. The molecule has 5 nitrogen and oxygen atoms in total. The van der Waals surface area contributed by atoms with Gasteiger partial charge in [-0.3, -0.25) is 4.90 Å². The highest BCUT2D eigenvalue weighted by atomic mass is 19.4. The lowest BCUT2D eigenvalue weighted by Gasteiger charge is -2.39. The first-order valence-electron chi connectivity index (χ1n) is 11.9. The Morgan fingerprint density at radius 1 is 1.03 bits per heavy atom. The van der Waals surface area contributed by atoms with Gasteiger partial charge < -0.3 is 14.5 Å². The molecular formula is C24H33F6N3O2. The number of halogens is 6. The number of aryl methyl sites for hydroxylation is 1. The molecule has 0 N–H and O–H groups in total. The third-order valence-electron chi connectivity index (χ3n) is 7.25. The molecule has 0 radical (unpaired) electrons. The summed E-state index contributed by atoms with van der Waals surface area (Å²) < 4.78 is 80.2. The number of hydrogen-bond acceptors (Lipinski definition) is 4. The van der Waals surface area contributed by atoms with Gasteiger partial charge in [0.15, 0.2) is 0 Å². The van der Waals surface area contributed by atoms with E-state index in [2.05, 4.69) is 53.6 Å². The van der Waals surface area contributed by atoms with E-state index in [1.807, 2.05) is 0 Å². The number of amides is 1. The van der Waals surface area contributed by atoms with Gasteiger partial charge in [-0.05, 0) is 55.7 Å². The minimum Gasteiger partial charge on any atom is -0.426 e. The van der Waals surface area contributed by atoms with E-state index in [-0.39, 0.29) is 18.5 Å². The third kappa shape index (κ3) is 6.34. The van der Waals surface area contributed by atoms with Crippen molar-refractivity contribution in [2.45, 2.75) is 64.5 Å². The van der Waals surface area contributed by atoms with Crippen LogP contribution in [0.3, 0.4) is 0 Å². The standard InChI is InChI=1S/C24H33F6N3O2/c1-4-17-7-6-8-18(19(17)31(3)5-2)15-32-12-9-22(16-32)10-13-33(14-11-22)21(34)35-20(23(25,26)27)24(28,29)30/h6-8,20H,4-5,9-16H2,1-3H3. The summed E-state index contributed by atoms with van der Waals surface area (Å²) in [5.74, 6) is 0. The molecule has 2 fully saturated rings. The SMILES string of the molecule is CCc1cccc(CN2CCC3(CCN(C(=O)OC(C(F)(F)F)C(F)(F)F)CC3)C2)c1N(C)CC. The van der Waals surface area contributed by atoms with Gasteiger partial charge in [0.1, 0.15) is 0 Å². The van der Waals surface area contributed by atoms with Crippen LogP contribution in [0.25, 0.3) is 0 Å². The largest absolute Gasteiger partial charge is 0.434 e. The smallest absolute Gasteiger partial charge is 0.426 e. The number of carbonyl (C=O) groups is 1. The van der Waals surface area contributed by atoms with Crippen molar-refractivity contribution >= 4 is 11.8 Å². The fourth-order valence-corrected chi connectivity index (χ4v) is 5.18. The van der Waals surface area contributed by atoms with Crippen LogP contribution in [0.2, 0.25) is 0 Å².